The molecule has 0 aliphatic heterocycles. The lowest BCUT2D eigenvalue weighted by atomic mass is 10.1. The number of carbonyl (C=O) groups excluding carboxylic acids is 1. The summed E-state index contributed by atoms with van der Waals surface area (Å²) in [4.78, 5) is 22.5. The first-order chi connectivity index (χ1) is 18.7. The van der Waals surface area contributed by atoms with Gasteiger partial charge in [0.25, 0.3) is 5.91 Å². The molecule has 7 nitrogen and oxygen atoms in total. The van der Waals surface area contributed by atoms with Gasteiger partial charge in [-0.25, -0.2) is 9.97 Å². The van der Waals surface area contributed by atoms with Crippen molar-refractivity contribution >= 4 is 34.0 Å². The number of aromatic nitrogens is 2. The molecule has 0 saturated carbocycles. The Morgan fingerprint density at radius 3 is 2.05 bits per heavy atom. The summed E-state index contributed by atoms with van der Waals surface area (Å²) in [5.41, 5.74) is 3.47. The van der Waals surface area contributed by atoms with Crippen molar-refractivity contribution in [2.75, 3.05) is 23.8 Å². The molecule has 0 aliphatic rings. The highest BCUT2D eigenvalue weighted by Crippen LogP contribution is 2.39. The standard InChI is InChI=1S/C31H28N4O3/c1-3-37-27-20-26(34-31(36)22-15-9-6-10-16-22)28(38-4-2)19-25(27)33-30-23-17-11-12-18-24(23)32-29(35-30)21-13-7-5-8-14-21/h5-20H,3-4H2,1-2H3,(H,34,36)(H,32,33,35). The molecule has 1 amide bonds. The van der Waals surface area contributed by atoms with E-state index in [9.17, 15) is 4.79 Å². The molecular formula is C31H28N4O3. The molecule has 0 atom stereocenters. The third-order valence-corrected chi connectivity index (χ3v) is 5.85. The van der Waals surface area contributed by atoms with Crippen LogP contribution in [0.3, 0.4) is 0 Å². The van der Waals surface area contributed by atoms with Crippen molar-refractivity contribution in [1.29, 1.82) is 0 Å². The van der Waals surface area contributed by atoms with Crippen molar-refractivity contribution in [2.24, 2.45) is 0 Å². The Morgan fingerprint density at radius 1 is 0.737 bits per heavy atom. The van der Waals surface area contributed by atoms with Gasteiger partial charge in [-0.1, -0.05) is 60.7 Å². The van der Waals surface area contributed by atoms with Crippen molar-refractivity contribution in [2.45, 2.75) is 13.8 Å². The molecule has 38 heavy (non-hydrogen) atoms. The Kier molecular flexibility index (Phi) is 7.45. The van der Waals surface area contributed by atoms with Crippen LogP contribution in [0.25, 0.3) is 22.3 Å². The molecule has 0 saturated heterocycles. The van der Waals surface area contributed by atoms with Crippen LogP contribution in [0.2, 0.25) is 0 Å². The summed E-state index contributed by atoms with van der Waals surface area (Å²) in [5, 5.41) is 7.29. The van der Waals surface area contributed by atoms with Crippen molar-refractivity contribution < 1.29 is 14.3 Å². The molecule has 4 aromatic carbocycles. The summed E-state index contributed by atoms with van der Waals surface area (Å²) in [6.45, 7) is 4.68. The third kappa shape index (κ3) is 5.42. The molecular weight excluding hydrogens is 476 g/mol. The van der Waals surface area contributed by atoms with Crippen LogP contribution in [0.5, 0.6) is 11.5 Å². The summed E-state index contributed by atoms with van der Waals surface area (Å²) in [5.74, 6) is 2.09. The molecule has 5 aromatic rings. The molecule has 5 rings (SSSR count). The normalized spacial score (nSPS) is 10.7. The average Bonchev–Trinajstić information content (AvgIpc) is 2.96. The molecule has 0 unspecified atom stereocenters. The summed E-state index contributed by atoms with van der Waals surface area (Å²) in [6, 6.07) is 30.4. The number of rotatable bonds is 9. The van der Waals surface area contributed by atoms with Crippen molar-refractivity contribution in [3.63, 3.8) is 0 Å². The summed E-state index contributed by atoms with van der Waals surface area (Å²) in [7, 11) is 0. The highest BCUT2D eigenvalue weighted by atomic mass is 16.5. The maximum atomic E-state index is 12.9. The first kappa shape index (κ1) is 24.8. The number of nitrogens with zero attached hydrogens (tertiary/aromatic N) is 2. The molecule has 0 spiro atoms. The zero-order chi connectivity index (χ0) is 26.3. The lowest BCUT2D eigenvalue weighted by Crippen LogP contribution is -2.13. The maximum Gasteiger partial charge on any atom is 0.255 e. The van der Waals surface area contributed by atoms with Crippen LogP contribution < -0.4 is 20.1 Å². The van der Waals surface area contributed by atoms with Gasteiger partial charge in [0.05, 0.1) is 30.1 Å². The number of amides is 1. The van der Waals surface area contributed by atoms with Gasteiger partial charge in [-0.15, -0.1) is 0 Å². The quantitative estimate of drug-likeness (QED) is 0.223. The molecule has 0 fully saturated rings. The van der Waals surface area contributed by atoms with E-state index in [4.69, 9.17) is 19.4 Å². The van der Waals surface area contributed by atoms with Crippen molar-refractivity contribution in [3.8, 4) is 22.9 Å². The van der Waals surface area contributed by atoms with E-state index < -0.39 is 0 Å². The lowest BCUT2D eigenvalue weighted by Gasteiger charge is -2.19. The van der Waals surface area contributed by atoms with Gasteiger partial charge in [0.15, 0.2) is 5.82 Å². The van der Waals surface area contributed by atoms with Crippen LogP contribution in [-0.2, 0) is 0 Å². The largest absolute Gasteiger partial charge is 0.492 e. The van der Waals surface area contributed by atoms with Gasteiger partial charge in [-0.3, -0.25) is 4.79 Å². The number of ether oxygens (including phenoxy) is 2. The second kappa shape index (κ2) is 11.4. The molecule has 2 N–H and O–H groups in total. The van der Waals surface area contributed by atoms with Gasteiger partial charge < -0.3 is 20.1 Å². The van der Waals surface area contributed by atoms with Crippen LogP contribution in [0.1, 0.15) is 24.2 Å². The SMILES string of the molecule is CCOc1cc(Nc2nc(-c3ccccc3)nc3ccccc23)c(OCC)cc1NC(=O)c1ccccc1. The minimum atomic E-state index is -0.232. The lowest BCUT2D eigenvalue weighted by molar-refractivity contribution is 0.102. The molecule has 0 aliphatic carbocycles. The number of anilines is 3. The van der Waals surface area contributed by atoms with Crippen LogP contribution in [0.15, 0.2) is 97.1 Å². The number of para-hydroxylation sites is 1. The Bertz CT molecular complexity index is 1560. The number of hydrogen-bond donors (Lipinski definition) is 2. The smallest absolute Gasteiger partial charge is 0.255 e. The minimum absolute atomic E-state index is 0.232. The molecule has 1 aromatic heterocycles. The van der Waals surface area contributed by atoms with E-state index in [1.165, 1.54) is 0 Å². The number of nitrogens with one attached hydrogen (secondary N) is 2. The van der Waals surface area contributed by atoms with E-state index >= 15 is 0 Å². The average molecular weight is 505 g/mol. The van der Waals surface area contributed by atoms with Gasteiger partial charge >= 0.3 is 0 Å². The monoisotopic (exact) mass is 504 g/mol. The first-order valence-corrected chi connectivity index (χ1v) is 12.6. The second-order valence-electron chi connectivity index (χ2n) is 8.43. The number of benzene rings is 4. The zero-order valence-corrected chi connectivity index (χ0v) is 21.3. The van der Waals surface area contributed by atoms with Crippen molar-refractivity contribution in [1.82, 2.24) is 9.97 Å². The Morgan fingerprint density at radius 2 is 1.34 bits per heavy atom. The number of hydrogen-bond acceptors (Lipinski definition) is 6. The fraction of sp³-hybridized carbons (Fsp3) is 0.129. The molecule has 0 bridgehead atoms. The summed E-state index contributed by atoms with van der Waals surface area (Å²) in [6.07, 6.45) is 0. The molecule has 190 valence electrons. The van der Waals surface area contributed by atoms with E-state index in [2.05, 4.69) is 10.6 Å². The van der Waals surface area contributed by atoms with E-state index in [-0.39, 0.29) is 5.91 Å². The maximum absolute atomic E-state index is 12.9. The van der Waals surface area contributed by atoms with Crippen LogP contribution in [-0.4, -0.2) is 29.1 Å². The Labute approximate surface area is 221 Å². The van der Waals surface area contributed by atoms with Crippen LogP contribution in [0.4, 0.5) is 17.2 Å². The van der Waals surface area contributed by atoms with Crippen molar-refractivity contribution in [3.05, 3.63) is 103 Å². The minimum Gasteiger partial charge on any atom is -0.492 e. The van der Waals surface area contributed by atoms with Gasteiger partial charge in [-0.05, 0) is 38.1 Å². The van der Waals surface area contributed by atoms with Gasteiger partial charge in [0.1, 0.15) is 17.3 Å². The van der Waals surface area contributed by atoms with Crippen LogP contribution >= 0.6 is 0 Å². The second-order valence-corrected chi connectivity index (χ2v) is 8.43. The highest BCUT2D eigenvalue weighted by molar-refractivity contribution is 6.05. The molecule has 1 heterocycles. The molecule has 0 radical (unpaired) electrons. The van der Waals surface area contributed by atoms with E-state index in [0.717, 1.165) is 16.5 Å². The fourth-order valence-electron chi connectivity index (χ4n) is 4.10. The zero-order valence-electron chi connectivity index (χ0n) is 21.3. The van der Waals surface area contributed by atoms with E-state index in [1.807, 2.05) is 92.7 Å². The highest BCUT2D eigenvalue weighted by Gasteiger charge is 2.17. The Balaban J connectivity index is 1.57. The first-order valence-electron chi connectivity index (χ1n) is 12.6. The topological polar surface area (TPSA) is 85.4 Å². The van der Waals surface area contributed by atoms with E-state index in [0.29, 0.717) is 53.3 Å². The summed E-state index contributed by atoms with van der Waals surface area (Å²) >= 11 is 0. The fourth-order valence-corrected chi connectivity index (χ4v) is 4.10. The third-order valence-electron chi connectivity index (χ3n) is 5.85. The van der Waals surface area contributed by atoms with Gasteiger partial charge in [-0.2, -0.15) is 0 Å². The summed E-state index contributed by atoms with van der Waals surface area (Å²) < 4.78 is 11.9. The van der Waals surface area contributed by atoms with E-state index in [1.54, 1.807) is 18.2 Å². The Hall–Kier alpha value is -4.91. The predicted octanol–water partition coefficient (Wildman–Crippen LogP) is 7.09. The molecule has 7 heteroatoms. The van der Waals surface area contributed by atoms with Gasteiger partial charge in [0, 0.05) is 28.6 Å². The number of carbonyl (C=O) groups is 1. The predicted molar refractivity (Wildman–Crippen MR) is 151 cm³/mol. The van der Waals surface area contributed by atoms with Crippen LogP contribution in [0, 0.1) is 0 Å². The van der Waals surface area contributed by atoms with Gasteiger partial charge in [0.2, 0.25) is 0 Å². The number of fused-ring (bicyclic) bond motifs is 1.